The fraction of sp³-hybridized carbons (Fsp3) is 0.348. The van der Waals surface area contributed by atoms with Crippen LogP contribution in [0.1, 0.15) is 47.7 Å². The number of ketones is 2. The quantitative estimate of drug-likeness (QED) is 0.613. The molecule has 0 bridgehead atoms. The molecule has 5 nitrogen and oxygen atoms in total. The molecule has 164 valence electrons. The molecular weight excluding hydrogens is 411 g/mol. The molecule has 0 aromatic heterocycles. The van der Waals surface area contributed by atoms with Gasteiger partial charge in [-0.15, -0.1) is 0 Å². The number of amides is 1. The summed E-state index contributed by atoms with van der Waals surface area (Å²) in [6.07, 6.45) is -3.96. The summed E-state index contributed by atoms with van der Waals surface area (Å²) in [5, 5.41) is 0. The van der Waals surface area contributed by atoms with Crippen LogP contribution in [0, 0.1) is 0 Å². The molecule has 0 aliphatic carbocycles. The van der Waals surface area contributed by atoms with Gasteiger partial charge in [0.05, 0.1) is 12.0 Å². The third-order valence-electron chi connectivity index (χ3n) is 5.06. The van der Waals surface area contributed by atoms with E-state index in [-0.39, 0.29) is 66.9 Å². The summed E-state index contributed by atoms with van der Waals surface area (Å²) in [7, 11) is 0. The van der Waals surface area contributed by atoms with Gasteiger partial charge in [-0.25, -0.2) is 0 Å². The fourth-order valence-electron chi connectivity index (χ4n) is 3.33. The van der Waals surface area contributed by atoms with Crippen molar-refractivity contribution < 1.29 is 32.3 Å². The van der Waals surface area contributed by atoms with E-state index in [1.807, 2.05) is 0 Å². The van der Waals surface area contributed by atoms with Gasteiger partial charge in [-0.2, -0.15) is 13.2 Å². The summed E-state index contributed by atoms with van der Waals surface area (Å²) in [4.78, 5) is 37.0. The Labute approximate surface area is 177 Å². The van der Waals surface area contributed by atoms with Crippen LogP contribution in [0.25, 0.3) is 0 Å². The van der Waals surface area contributed by atoms with Crippen molar-refractivity contribution in [3.8, 4) is 11.5 Å². The maximum Gasteiger partial charge on any atom is 0.416 e. The average Bonchev–Trinajstić information content (AvgIpc) is 2.73. The molecule has 0 saturated carbocycles. The molecule has 1 heterocycles. The predicted octanol–water partition coefficient (Wildman–Crippen LogP) is 4.82. The Balaban J connectivity index is 1.81. The number of rotatable bonds is 6. The molecule has 1 amide bonds. The summed E-state index contributed by atoms with van der Waals surface area (Å²) >= 11 is 0. The molecule has 3 rings (SSSR count). The van der Waals surface area contributed by atoms with Gasteiger partial charge in [0.15, 0.2) is 5.78 Å². The Morgan fingerprint density at radius 3 is 2.23 bits per heavy atom. The second-order valence-corrected chi connectivity index (χ2v) is 7.36. The van der Waals surface area contributed by atoms with Crippen molar-refractivity contribution in [2.75, 3.05) is 13.1 Å². The van der Waals surface area contributed by atoms with Crippen LogP contribution in [0.3, 0.4) is 0 Å². The number of Topliss-reactive ketones (excluding diaryl/α,β-unsaturated/α-hetero) is 2. The van der Waals surface area contributed by atoms with E-state index in [0.717, 1.165) is 12.1 Å². The van der Waals surface area contributed by atoms with E-state index in [2.05, 4.69) is 0 Å². The van der Waals surface area contributed by atoms with Crippen molar-refractivity contribution >= 4 is 17.5 Å². The highest BCUT2D eigenvalue weighted by Crippen LogP contribution is 2.34. The number of carbonyl (C=O) groups is 3. The van der Waals surface area contributed by atoms with Crippen molar-refractivity contribution in [2.24, 2.45) is 0 Å². The van der Waals surface area contributed by atoms with Gasteiger partial charge >= 0.3 is 6.18 Å². The topological polar surface area (TPSA) is 63.7 Å². The van der Waals surface area contributed by atoms with E-state index < -0.39 is 11.7 Å². The highest BCUT2D eigenvalue weighted by Gasteiger charge is 2.32. The molecule has 2 aromatic carbocycles. The lowest BCUT2D eigenvalue weighted by molar-refractivity contribution is -0.138. The maximum atomic E-state index is 13.4. The van der Waals surface area contributed by atoms with Crippen LogP contribution in [0.2, 0.25) is 0 Å². The molecule has 1 fully saturated rings. The number of ether oxygens (including phenoxy) is 1. The highest BCUT2D eigenvalue weighted by atomic mass is 19.4. The number of halogens is 3. The summed E-state index contributed by atoms with van der Waals surface area (Å²) in [5.74, 6) is -0.0868. The van der Waals surface area contributed by atoms with Gasteiger partial charge in [-0.3, -0.25) is 14.4 Å². The molecule has 0 radical (unpaired) electrons. The molecule has 2 aromatic rings. The van der Waals surface area contributed by atoms with Gasteiger partial charge in [0.2, 0.25) is 5.91 Å². The standard InChI is InChI=1S/C23H22F3NO4/c1-2-21(29)16-3-5-19(6-4-16)31-20-12-15(11-17(14-20)23(24,25)26)13-22(30)27-9-7-18(28)8-10-27/h3-6,11-12,14H,2,7-10,13H2,1H3. The lowest BCUT2D eigenvalue weighted by Crippen LogP contribution is -2.39. The van der Waals surface area contributed by atoms with E-state index in [9.17, 15) is 27.6 Å². The number of piperidine rings is 1. The van der Waals surface area contributed by atoms with E-state index >= 15 is 0 Å². The minimum atomic E-state index is -4.61. The van der Waals surface area contributed by atoms with E-state index in [1.165, 1.54) is 23.1 Å². The molecule has 1 saturated heterocycles. The van der Waals surface area contributed by atoms with Crippen molar-refractivity contribution in [3.63, 3.8) is 0 Å². The number of alkyl halides is 3. The first-order valence-corrected chi connectivity index (χ1v) is 9.97. The Morgan fingerprint density at radius 1 is 1.00 bits per heavy atom. The summed E-state index contributed by atoms with van der Waals surface area (Å²) in [5.41, 5.74) is -0.255. The lowest BCUT2D eigenvalue weighted by atomic mass is 10.0. The number of carbonyl (C=O) groups excluding carboxylic acids is 3. The number of hydrogen-bond acceptors (Lipinski definition) is 4. The molecule has 8 heteroatoms. The van der Waals surface area contributed by atoms with Crippen LogP contribution in [0.5, 0.6) is 11.5 Å². The molecule has 0 atom stereocenters. The largest absolute Gasteiger partial charge is 0.457 e. The smallest absolute Gasteiger partial charge is 0.416 e. The second-order valence-electron chi connectivity index (χ2n) is 7.36. The van der Waals surface area contributed by atoms with Gasteiger partial charge in [-0.1, -0.05) is 6.92 Å². The molecule has 0 unspecified atom stereocenters. The van der Waals surface area contributed by atoms with Crippen molar-refractivity contribution in [2.45, 2.75) is 38.8 Å². The molecule has 31 heavy (non-hydrogen) atoms. The van der Waals surface area contributed by atoms with Crippen molar-refractivity contribution in [1.29, 1.82) is 0 Å². The first-order valence-electron chi connectivity index (χ1n) is 9.97. The van der Waals surface area contributed by atoms with Gasteiger partial charge in [0.1, 0.15) is 17.3 Å². The zero-order chi connectivity index (χ0) is 22.6. The van der Waals surface area contributed by atoms with Crippen LogP contribution in [-0.2, 0) is 22.2 Å². The number of likely N-dealkylation sites (tertiary alicyclic amines) is 1. The molecule has 0 spiro atoms. The summed E-state index contributed by atoms with van der Waals surface area (Å²) in [6, 6.07) is 9.33. The second kappa shape index (κ2) is 9.32. The van der Waals surface area contributed by atoms with E-state index in [0.29, 0.717) is 12.0 Å². The van der Waals surface area contributed by atoms with Crippen LogP contribution in [-0.4, -0.2) is 35.5 Å². The Kier molecular flexibility index (Phi) is 6.77. The average molecular weight is 433 g/mol. The number of hydrogen-bond donors (Lipinski definition) is 0. The zero-order valence-electron chi connectivity index (χ0n) is 17.0. The Hall–Kier alpha value is -3.16. The van der Waals surface area contributed by atoms with Crippen molar-refractivity contribution in [3.05, 3.63) is 59.2 Å². The first-order chi connectivity index (χ1) is 14.7. The van der Waals surface area contributed by atoms with Crippen LogP contribution < -0.4 is 4.74 Å². The minimum Gasteiger partial charge on any atom is -0.457 e. The Bertz CT molecular complexity index is 973. The molecular formula is C23H22F3NO4. The Morgan fingerprint density at radius 2 is 1.65 bits per heavy atom. The summed E-state index contributed by atoms with van der Waals surface area (Å²) < 4.78 is 45.7. The molecule has 0 N–H and O–H groups in total. The number of benzene rings is 2. The van der Waals surface area contributed by atoms with Gasteiger partial charge in [0.25, 0.3) is 0 Å². The zero-order valence-corrected chi connectivity index (χ0v) is 17.0. The highest BCUT2D eigenvalue weighted by molar-refractivity contribution is 5.95. The van der Waals surface area contributed by atoms with Gasteiger partial charge in [0, 0.05) is 37.9 Å². The SMILES string of the molecule is CCC(=O)c1ccc(Oc2cc(CC(=O)N3CCC(=O)CC3)cc(C(F)(F)F)c2)cc1. The normalized spacial score (nSPS) is 14.5. The minimum absolute atomic E-state index is 0.0502. The fourth-order valence-corrected chi connectivity index (χ4v) is 3.33. The lowest BCUT2D eigenvalue weighted by Gasteiger charge is -2.26. The van der Waals surface area contributed by atoms with Crippen LogP contribution >= 0.6 is 0 Å². The first kappa shape index (κ1) is 22.5. The van der Waals surface area contributed by atoms with Crippen LogP contribution in [0.4, 0.5) is 13.2 Å². The molecule has 1 aliphatic heterocycles. The van der Waals surface area contributed by atoms with Crippen molar-refractivity contribution in [1.82, 2.24) is 4.90 Å². The third kappa shape index (κ3) is 5.93. The molecule has 1 aliphatic rings. The number of nitrogens with zero attached hydrogens (tertiary/aromatic N) is 1. The van der Waals surface area contributed by atoms with Crippen LogP contribution in [0.15, 0.2) is 42.5 Å². The van der Waals surface area contributed by atoms with E-state index in [4.69, 9.17) is 4.74 Å². The third-order valence-corrected chi connectivity index (χ3v) is 5.06. The van der Waals surface area contributed by atoms with Gasteiger partial charge in [-0.05, 0) is 48.0 Å². The predicted molar refractivity (Wildman–Crippen MR) is 107 cm³/mol. The summed E-state index contributed by atoms with van der Waals surface area (Å²) in [6.45, 7) is 2.30. The maximum absolute atomic E-state index is 13.4. The van der Waals surface area contributed by atoms with Gasteiger partial charge < -0.3 is 9.64 Å². The van der Waals surface area contributed by atoms with E-state index in [1.54, 1.807) is 19.1 Å². The monoisotopic (exact) mass is 433 g/mol.